The molecule has 0 aliphatic carbocycles. The molecular formula is C9H18O. The SMILES string of the molecule is CC1COC(C)(C(C)C)C1. The summed E-state index contributed by atoms with van der Waals surface area (Å²) in [5.74, 6) is 1.41. The van der Waals surface area contributed by atoms with Crippen molar-refractivity contribution in [2.24, 2.45) is 11.8 Å². The van der Waals surface area contributed by atoms with Crippen LogP contribution in [-0.2, 0) is 4.74 Å². The van der Waals surface area contributed by atoms with Gasteiger partial charge in [-0.25, -0.2) is 0 Å². The van der Waals surface area contributed by atoms with Crippen molar-refractivity contribution in [3.05, 3.63) is 0 Å². The monoisotopic (exact) mass is 142 g/mol. The van der Waals surface area contributed by atoms with Crippen molar-refractivity contribution < 1.29 is 4.74 Å². The van der Waals surface area contributed by atoms with Gasteiger partial charge in [-0.3, -0.25) is 0 Å². The summed E-state index contributed by atoms with van der Waals surface area (Å²) < 4.78 is 5.71. The van der Waals surface area contributed by atoms with Crippen LogP contribution in [0.25, 0.3) is 0 Å². The Labute approximate surface area is 63.8 Å². The summed E-state index contributed by atoms with van der Waals surface area (Å²) in [5.41, 5.74) is 0.166. The van der Waals surface area contributed by atoms with Crippen LogP contribution in [0, 0.1) is 11.8 Å². The second kappa shape index (κ2) is 2.54. The number of rotatable bonds is 1. The molecule has 1 heteroatoms. The predicted octanol–water partition coefficient (Wildman–Crippen LogP) is 2.46. The molecule has 0 aromatic heterocycles. The minimum Gasteiger partial charge on any atom is -0.375 e. The van der Waals surface area contributed by atoms with E-state index in [9.17, 15) is 0 Å². The second-order valence-corrected chi connectivity index (χ2v) is 4.09. The van der Waals surface area contributed by atoms with Crippen molar-refractivity contribution in [1.29, 1.82) is 0 Å². The fourth-order valence-corrected chi connectivity index (χ4v) is 1.54. The molecule has 2 atom stereocenters. The molecule has 10 heavy (non-hydrogen) atoms. The normalized spacial score (nSPS) is 41.1. The highest BCUT2D eigenvalue weighted by Gasteiger charge is 2.36. The van der Waals surface area contributed by atoms with E-state index in [1.54, 1.807) is 0 Å². The molecule has 0 amide bonds. The summed E-state index contributed by atoms with van der Waals surface area (Å²) in [4.78, 5) is 0. The molecule has 1 nitrogen and oxygen atoms in total. The van der Waals surface area contributed by atoms with E-state index < -0.39 is 0 Å². The molecule has 0 spiro atoms. The lowest BCUT2D eigenvalue weighted by atomic mass is 9.87. The van der Waals surface area contributed by atoms with Crippen LogP contribution in [-0.4, -0.2) is 12.2 Å². The van der Waals surface area contributed by atoms with Crippen molar-refractivity contribution in [2.45, 2.75) is 39.7 Å². The molecule has 1 aliphatic rings. The molecule has 0 aromatic carbocycles. The topological polar surface area (TPSA) is 9.23 Å². The zero-order chi connectivity index (χ0) is 7.78. The molecule has 1 saturated heterocycles. The summed E-state index contributed by atoms with van der Waals surface area (Å²) in [5, 5.41) is 0. The largest absolute Gasteiger partial charge is 0.375 e. The molecular weight excluding hydrogens is 124 g/mol. The molecule has 60 valence electrons. The fourth-order valence-electron chi connectivity index (χ4n) is 1.54. The van der Waals surface area contributed by atoms with Crippen LogP contribution in [0.15, 0.2) is 0 Å². The van der Waals surface area contributed by atoms with Crippen LogP contribution in [0.4, 0.5) is 0 Å². The maximum atomic E-state index is 5.71. The van der Waals surface area contributed by atoms with Gasteiger partial charge in [0, 0.05) is 6.61 Å². The summed E-state index contributed by atoms with van der Waals surface area (Å²) in [6, 6.07) is 0. The van der Waals surface area contributed by atoms with Gasteiger partial charge in [0.2, 0.25) is 0 Å². The van der Waals surface area contributed by atoms with E-state index in [1.807, 2.05) is 0 Å². The fraction of sp³-hybridized carbons (Fsp3) is 1.00. The van der Waals surface area contributed by atoms with Gasteiger partial charge in [0.1, 0.15) is 0 Å². The van der Waals surface area contributed by atoms with E-state index >= 15 is 0 Å². The van der Waals surface area contributed by atoms with Crippen LogP contribution in [0.1, 0.15) is 34.1 Å². The number of ether oxygens (including phenoxy) is 1. The Bertz CT molecular complexity index is 120. The quantitative estimate of drug-likeness (QED) is 0.546. The van der Waals surface area contributed by atoms with Crippen molar-refractivity contribution in [3.63, 3.8) is 0 Å². The summed E-state index contributed by atoms with van der Waals surface area (Å²) in [7, 11) is 0. The lowest BCUT2D eigenvalue weighted by Gasteiger charge is -2.27. The zero-order valence-electron chi connectivity index (χ0n) is 7.48. The lowest BCUT2D eigenvalue weighted by molar-refractivity contribution is -0.0175. The van der Waals surface area contributed by atoms with Crippen molar-refractivity contribution >= 4 is 0 Å². The molecule has 2 unspecified atom stereocenters. The van der Waals surface area contributed by atoms with Gasteiger partial charge in [0.15, 0.2) is 0 Å². The minimum absolute atomic E-state index is 0.166. The van der Waals surface area contributed by atoms with Gasteiger partial charge in [-0.1, -0.05) is 20.8 Å². The molecule has 0 radical (unpaired) electrons. The Morgan fingerprint density at radius 3 is 2.30 bits per heavy atom. The van der Waals surface area contributed by atoms with Gasteiger partial charge in [0.05, 0.1) is 5.60 Å². The van der Waals surface area contributed by atoms with Crippen molar-refractivity contribution in [3.8, 4) is 0 Å². The molecule has 0 N–H and O–H groups in total. The summed E-state index contributed by atoms with van der Waals surface area (Å²) in [6.45, 7) is 9.90. The Balaban J connectivity index is 2.54. The summed E-state index contributed by atoms with van der Waals surface area (Å²) in [6.07, 6.45) is 1.23. The minimum atomic E-state index is 0.166. The van der Waals surface area contributed by atoms with Gasteiger partial charge in [0.25, 0.3) is 0 Å². The first-order valence-electron chi connectivity index (χ1n) is 4.18. The highest BCUT2D eigenvalue weighted by atomic mass is 16.5. The van der Waals surface area contributed by atoms with Crippen LogP contribution in [0.5, 0.6) is 0 Å². The van der Waals surface area contributed by atoms with Crippen LogP contribution < -0.4 is 0 Å². The Kier molecular flexibility index (Phi) is 2.04. The molecule has 0 saturated carbocycles. The maximum Gasteiger partial charge on any atom is 0.0680 e. The molecule has 1 aliphatic heterocycles. The number of hydrogen-bond acceptors (Lipinski definition) is 1. The zero-order valence-corrected chi connectivity index (χ0v) is 7.48. The van der Waals surface area contributed by atoms with Gasteiger partial charge in [-0.15, -0.1) is 0 Å². The third-order valence-corrected chi connectivity index (χ3v) is 2.67. The van der Waals surface area contributed by atoms with Crippen LogP contribution in [0.3, 0.4) is 0 Å². The van der Waals surface area contributed by atoms with E-state index in [-0.39, 0.29) is 5.60 Å². The van der Waals surface area contributed by atoms with E-state index in [4.69, 9.17) is 4.74 Å². The van der Waals surface area contributed by atoms with Gasteiger partial charge in [-0.05, 0) is 25.2 Å². The van der Waals surface area contributed by atoms with Crippen LogP contribution in [0.2, 0.25) is 0 Å². The smallest absolute Gasteiger partial charge is 0.0680 e. The van der Waals surface area contributed by atoms with E-state index in [2.05, 4.69) is 27.7 Å². The molecule has 1 heterocycles. The van der Waals surface area contributed by atoms with E-state index in [0.717, 1.165) is 12.5 Å². The molecule has 1 rings (SSSR count). The van der Waals surface area contributed by atoms with Crippen LogP contribution >= 0.6 is 0 Å². The highest BCUT2D eigenvalue weighted by Crippen LogP contribution is 2.35. The first kappa shape index (κ1) is 8.06. The average Bonchev–Trinajstić information content (AvgIpc) is 2.13. The van der Waals surface area contributed by atoms with E-state index in [0.29, 0.717) is 5.92 Å². The Morgan fingerprint density at radius 1 is 1.50 bits per heavy atom. The molecule has 1 fully saturated rings. The average molecular weight is 142 g/mol. The predicted molar refractivity (Wildman–Crippen MR) is 43.0 cm³/mol. The molecule has 0 bridgehead atoms. The molecule has 0 aromatic rings. The van der Waals surface area contributed by atoms with Gasteiger partial charge >= 0.3 is 0 Å². The summed E-state index contributed by atoms with van der Waals surface area (Å²) >= 11 is 0. The third kappa shape index (κ3) is 1.34. The maximum absolute atomic E-state index is 5.71. The van der Waals surface area contributed by atoms with Gasteiger partial charge in [-0.2, -0.15) is 0 Å². The van der Waals surface area contributed by atoms with E-state index in [1.165, 1.54) is 6.42 Å². The van der Waals surface area contributed by atoms with Gasteiger partial charge < -0.3 is 4.74 Å². The third-order valence-electron chi connectivity index (χ3n) is 2.67. The standard InChI is InChI=1S/C9H18O/c1-7(2)9(4)5-8(3)6-10-9/h7-8H,5-6H2,1-4H3. The lowest BCUT2D eigenvalue weighted by Crippen LogP contribution is -2.29. The first-order valence-corrected chi connectivity index (χ1v) is 4.18. The Hall–Kier alpha value is -0.0400. The first-order chi connectivity index (χ1) is 4.54. The number of hydrogen-bond donors (Lipinski definition) is 0. The Morgan fingerprint density at radius 2 is 2.10 bits per heavy atom. The highest BCUT2D eigenvalue weighted by molar-refractivity contribution is 4.85. The second-order valence-electron chi connectivity index (χ2n) is 4.09. The van der Waals surface area contributed by atoms with Crippen molar-refractivity contribution in [1.82, 2.24) is 0 Å². The van der Waals surface area contributed by atoms with Crippen molar-refractivity contribution in [2.75, 3.05) is 6.61 Å².